The van der Waals surface area contributed by atoms with Crippen molar-refractivity contribution >= 4 is 16.0 Å². The Kier molecular flexibility index (Phi) is 6.66. The summed E-state index contributed by atoms with van der Waals surface area (Å²) in [5, 5.41) is 9.04. The van der Waals surface area contributed by atoms with Crippen LogP contribution >= 0.6 is 0 Å². The number of sulfonamides is 1. The Balaban J connectivity index is 4.59. The molecule has 6 nitrogen and oxygen atoms in total. The molecule has 17 heavy (non-hydrogen) atoms. The first-order valence-electron chi connectivity index (χ1n) is 5.60. The van der Waals surface area contributed by atoms with Crippen LogP contribution in [0.1, 0.15) is 33.6 Å². The van der Waals surface area contributed by atoms with Crippen molar-refractivity contribution < 1.29 is 23.1 Å². The van der Waals surface area contributed by atoms with Crippen molar-refractivity contribution in [1.29, 1.82) is 0 Å². The van der Waals surface area contributed by atoms with Crippen LogP contribution in [0.3, 0.4) is 0 Å². The predicted octanol–water partition coefficient (Wildman–Crippen LogP) is 0.586. The smallest absolute Gasteiger partial charge is 0.324 e. The summed E-state index contributed by atoms with van der Waals surface area (Å²) in [6, 6.07) is 0. The quantitative estimate of drug-likeness (QED) is 0.596. The van der Waals surface area contributed by atoms with Crippen LogP contribution in [0.15, 0.2) is 0 Å². The number of nitrogens with one attached hydrogen (secondary N) is 1. The minimum atomic E-state index is -3.63. The first kappa shape index (κ1) is 16.3. The number of ether oxygens (including phenoxy) is 1. The molecule has 0 saturated carbocycles. The van der Waals surface area contributed by atoms with Crippen molar-refractivity contribution in [1.82, 2.24) is 4.72 Å². The Morgan fingerprint density at radius 1 is 1.41 bits per heavy atom. The van der Waals surface area contributed by atoms with Gasteiger partial charge in [-0.05, 0) is 20.3 Å². The van der Waals surface area contributed by atoms with Gasteiger partial charge in [0, 0.05) is 6.61 Å². The highest BCUT2D eigenvalue weighted by atomic mass is 32.2. The number of hydrogen-bond donors (Lipinski definition) is 2. The van der Waals surface area contributed by atoms with E-state index >= 15 is 0 Å². The second-order valence-corrected chi connectivity index (χ2v) is 5.85. The maximum Gasteiger partial charge on any atom is 0.324 e. The number of rotatable bonds is 9. The highest BCUT2D eigenvalue weighted by Crippen LogP contribution is 2.14. The van der Waals surface area contributed by atoms with E-state index in [1.54, 1.807) is 13.8 Å². The lowest BCUT2D eigenvalue weighted by Crippen LogP contribution is -2.52. The van der Waals surface area contributed by atoms with Gasteiger partial charge in [0.2, 0.25) is 10.0 Å². The molecule has 0 aliphatic rings. The molecule has 0 saturated heterocycles. The first-order valence-corrected chi connectivity index (χ1v) is 7.25. The molecular formula is C10H21NO5S. The van der Waals surface area contributed by atoms with E-state index < -0.39 is 21.5 Å². The third kappa shape index (κ3) is 5.99. The molecule has 0 aromatic heterocycles. The third-order valence-electron chi connectivity index (χ3n) is 2.30. The maximum atomic E-state index is 11.6. The number of hydrogen-bond acceptors (Lipinski definition) is 4. The van der Waals surface area contributed by atoms with Gasteiger partial charge in [-0.1, -0.05) is 13.3 Å². The van der Waals surface area contributed by atoms with Crippen LogP contribution in [0.4, 0.5) is 0 Å². The number of carbonyl (C=O) groups is 1. The molecule has 0 aliphatic heterocycles. The summed E-state index contributed by atoms with van der Waals surface area (Å²) in [4.78, 5) is 11.1. The van der Waals surface area contributed by atoms with Crippen molar-refractivity contribution in [3.63, 3.8) is 0 Å². The van der Waals surface area contributed by atoms with Crippen molar-refractivity contribution in [3.8, 4) is 0 Å². The standard InChI is InChI=1S/C10H21NO5S/c1-4-6-10(3,9(12)13)11-17(14,15)8-7-16-5-2/h11H,4-8H2,1-3H3,(H,12,13). The zero-order valence-corrected chi connectivity index (χ0v) is 11.3. The van der Waals surface area contributed by atoms with Gasteiger partial charge in [0.1, 0.15) is 5.54 Å². The summed E-state index contributed by atoms with van der Waals surface area (Å²) in [7, 11) is -3.63. The van der Waals surface area contributed by atoms with Gasteiger partial charge >= 0.3 is 5.97 Å². The molecule has 0 amide bonds. The average Bonchev–Trinajstić information content (AvgIpc) is 2.16. The zero-order valence-electron chi connectivity index (χ0n) is 10.5. The lowest BCUT2D eigenvalue weighted by molar-refractivity contribution is -0.143. The summed E-state index contributed by atoms with van der Waals surface area (Å²) >= 11 is 0. The largest absolute Gasteiger partial charge is 0.480 e. The monoisotopic (exact) mass is 267 g/mol. The Bertz CT molecular complexity index is 341. The number of carboxylic acid groups (broad SMARTS) is 1. The minimum absolute atomic E-state index is 0.0632. The van der Waals surface area contributed by atoms with Gasteiger partial charge in [-0.25, -0.2) is 8.42 Å². The van der Waals surface area contributed by atoms with Crippen molar-refractivity contribution in [3.05, 3.63) is 0 Å². The van der Waals surface area contributed by atoms with Crippen molar-refractivity contribution in [2.45, 2.75) is 39.2 Å². The molecule has 0 aliphatic carbocycles. The second-order valence-electron chi connectivity index (χ2n) is 4.01. The molecule has 0 fully saturated rings. The summed E-state index contributed by atoms with van der Waals surface area (Å²) in [6.45, 7) is 5.43. The fourth-order valence-corrected chi connectivity index (χ4v) is 2.72. The summed E-state index contributed by atoms with van der Waals surface area (Å²) in [5.74, 6) is -1.40. The lowest BCUT2D eigenvalue weighted by Gasteiger charge is -2.25. The molecule has 0 aromatic rings. The van der Waals surface area contributed by atoms with E-state index in [1.807, 2.05) is 0 Å². The van der Waals surface area contributed by atoms with Crippen LogP contribution in [0, 0.1) is 0 Å². The van der Waals surface area contributed by atoms with Crippen molar-refractivity contribution in [2.75, 3.05) is 19.0 Å². The first-order chi connectivity index (χ1) is 7.77. The van der Waals surface area contributed by atoms with Gasteiger partial charge in [-0.3, -0.25) is 4.79 Å². The SMILES string of the molecule is CCCC(C)(NS(=O)(=O)CCOCC)C(=O)O. The molecule has 0 rings (SSSR count). The van der Waals surface area contributed by atoms with Crippen LogP contribution in [-0.2, 0) is 19.6 Å². The average molecular weight is 267 g/mol. The minimum Gasteiger partial charge on any atom is -0.480 e. The molecule has 0 aromatic carbocycles. The number of carboxylic acids is 1. The summed E-state index contributed by atoms with van der Waals surface area (Å²) in [6.07, 6.45) is 0.826. The summed E-state index contributed by atoms with van der Waals surface area (Å²) in [5.41, 5.74) is -1.44. The summed E-state index contributed by atoms with van der Waals surface area (Å²) < 4.78 is 30.5. The fourth-order valence-electron chi connectivity index (χ4n) is 1.41. The van der Waals surface area contributed by atoms with Crippen LogP contribution in [-0.4, -0.2) is 44.0 Å². The zero-order chi connectivity index (χ0) is 13.5. The van der Waals surface area contributed by atoms with Gasteiger partial charge < -0.3 is 9.84 Å². The van der Waals surface area contributed by atoms with E-state index in [9.17, 15) is 13.2 Å². The molecule has 102 valence electrons. The molecule has 7 heteroatoms. The molecule has 0 heterocycles. The normalized spacial score (nSPS) is 15.5. The fraction of sp³-hybridized carbons (Fsp3) is 0.900. The molecule has 2 N–H and O–H groups in total. The van der Waals surface area contributed by atoms with Crippen molar-refractivity contribution in [2.24, 2.45) is 0 Å². The molecule has 0 radical (unpaired) electrons. The molecular weight excluding hydrogens is 246 g/mol. The maximum absolute atomic E-state index is 11.6. The van der Waals surface area contributed by atoms with Crippen LogP contribution < -0.4 is 4.72 Å². The van der Waals surface area contributed by atoms with Crippen LogP contribution in [0.2, 0.25) is 0 Å². The van der Waals surface area contributed by atoms with Gasteiger partial charge in [0.05, 0.1) is 12.4 Å². The van der Waals surface area contributed by atoms with E-state index in [0.717, 1.165) is 0 Å². The topological polar surface area (TPSA) is 92.7 Å². The lowest BCUT2D eigenvalue weighted by atomic mass is 9.98. The Hall–Kier alpha value is -0.660. The Morgan fingerprint density at radius 3 is 2.41 bits per heavy atom. The predicted molar refractivity (Wildman–Crippen MR) is 64.4 cm³/mol. The van der Waals surface area contributed by atoms with E-state index in [2.05, 4.69) is 4.72 Å². The van der Waals surface area contributed by atoms with Gasteiger partial charge in [-0.15, -0.1) is 0 Å². The second kappa shape index (κ2) is 6.93. The third-order valence-corrected chi connectivity index (χ3v) is 3.77. The van der Waals surface area contributed by atoms with Gasteiger partial charge in [0.25, 0.3) is 0 Å². The number of aliphatic carboxylic acids is 1. The van der Waals surface area contributed by atoms with E-state index in [0.29, 0.717) is 13.0 Å². The molecule has 1 atom stereocenters. The highest BCUT2D eigenvalue weighted by molar-refractivity contribution is 7.89. The molecule has 0 spiro atoms. The van der Waals surface area contributed by atoms with E-state index in [1.165, 1.54) is 6.92 Å². The van der Waals surface area contributed by atoms with E-state index in [4.69, 9.17) is 9.84 Å². The molecule has 0 bridgehead atoms. The molecule has 1 unspecified atom stereocenters. The van der Waals surface area contributed by atoms with Gasteiger partial charge in [-0.2, -0.15) is 4.72 Å². The van der Waals surface area contributed by atoms with Crippen LogP contribution in [0.25, 0.3) is 0 Å². The van der Waals surface area contributed by atoms with Crippen LogP contribution in [0.5, 0.6) is 0 Å². The Labute approximate surface area is 102 Å². The highest BCUT2D eigenvalue weighted by Gasteiger charge is 2.36. The Morgan fingerprint density at radius 2 is 2.00 bits per heavy atom. The van der Waals surface area contributed by atoms with E-state index in [-0.39, 0.29) is 18.8 Å². The van der Waals surface area contributed by atoms with Gasteiger partial charge in [0.15, 0.2) is 0 Å².